The number of amides is 1. The lowest BCUT2D eigenvalue weighted by Crippen LogP contribution is -2.48. The van der Waals surface area contributed by atoms with E-state index in [0.29, 0.717) is 12.2 Å². The summed E-state index contributed by atoms with van der Waals surface area (Å²) < 4.78 is 27.2. The summed E-state index contributed by atoms with van der Waals surface area (Å²) in [5, 5.41) is 4.92. The van der Waals surface area contributed by atoms with Crippen molar-refractivity contribution in [1.82, 2.24) is 15.0 Å². The predicted octanol–water partition coefficient (Wildman–Crippen LogP) is 2.37. The van der Waals surface area contributed by atoms with Crippen molar-refractivity contribution in [1.29, 1.82) is 0 Å². The van der Waals surface area contributed by atoms with Gasteiger partial charge in [0, 0.05) is 12.7 Å². The number of aromatic nitrogens is 1. The van der Waals surface area contributed by atoms with E-state index in [1.165, 1.54) is 0 Å². The van der Waals surface area contributed by atoms with Crippen LogP contribution in [0.2, 0.25) is 0 Å². The number of carbonyl (C=O) groups is 1. The summed E-state index contributed by atoms with van der Waals surface area (Å²) >= 11 is 0. The van der Waals surface area contributed by atoms with Crippen LogP contribution in [-0.4, -0.2) is 31.1 Å². The van der Waals surface area contributed by atoms with E-state index in [1.807, 2.05) is 42.5 Å². The summed E-state index contributed by atoms with van der Waals surface area (Å²) in [6.07, 6.45) is 2.30. The fourth-order valence-corrected chi connectivity index (χ4v) is 4.47. The Balaban J connectivity index is 1.77. The molecule has 158 valence electrons. The van der Waals surface area contributed by atoms with E-state index < -0.39 is 16.1 Å². The highest BCUT2D eigenvalue weighted by molar-refractivity contribution is 7.89. The molecule has 7 nitrogen and oxygen atoms in total. The fraction of sp³-hybridized carbons (Fsp3) is 0.273. The second-order valence-electron chi connectivity index (χ2n) is 7.18. The minimum Gasteiger partial charge on any atom is -0.384 e. The molecule has 2 aromatic carbocycles. The molecular formula is C22H26N4O3S. The van der Waals surface area contributed by atoms with Gasteiger partial charge in [-0.1, -0.05) is 55.5 Å². The quantitative estimate of drug-likeness (QED) is 0.486. The number of nitrogens with one attached hydrogen (secondary N) is 2. The number of fused-ring (bicyclic) bond motifs is 1. The number of nitrogens with two attached hydrogens (primary N) is 1. The van der Waals surface area contributed by atoms with Gasteiger partial charge in [0.05, 0.1) is 5.75 Å². The first-order valence-corrected chi connectivity index (χ1v) is 11.5. The van der Waals surface area contributed by atoms with Crippen LogP contribution in [0, 0.1) is 0 Å². The smallest absolute Gasteiger partial charge is 0.238 e. The van der Waals surface area contributed by atoms with Crippen LogP contribution in [0.15, 0.2) is 60.8 Å². The van der Waals surface area contributed by atoms with E-state index >= 15 is 0 Å². The first-order chi connectivity index (χ1) is 14.4. The lowest BCUT2D eigenvalue weighted by atomic mass is 10.0. The van der Waals surface area contributed by atoms with E-state index in [0.717, 1.165) is 21.9 Å². The molecule has 3 aromatic rings. The summed E-state index contributed by atoms with van der Waals surface area (Å²) in [6, 6.07) is 16.3. The average molecular weight is 427 g/mol. The minimum atomic E-state index is -3.57. The van der Waals surface area contributed by atoms with Gasteiger partial charge in [0.2, 0.25) is 15.9 Å². The summed E-state index contributed by atoms with van der Waals surface area (Å²) in [4.78, 5) is 16.8. The van der Waals surface area contributed by atoms with Crippen LogP contribution in [0.4, 0.5) is 5.82 Å². The molecule has 0 fully saturated rings. The maximum absolute atomic E-state index is 12.9. The molecule has 1 atom stereocenters. The topological polar surface area (TPSA) is 114 Å². The number of carbonyl (C=O) groups excluding carboxylic acids is 1. The van der Waals surface area contributed by atoms with Crippen molar-refractivity contribution in [2.45, 2.75) is 32.4 Å². The average Bonchev–Trinajstić information content (AvgIpc) is 2.72. The summed E-state index contributed by atoms with van der Waals surface area (Å²) in [6.45, 7) is 2.02. The van der Waals surface area contributed by atoms with Crippen molar-refractivity contribution in [3.05, 3.63) is 71.9 Å². The monoisotopic (exact) mass is 426 g/mol. The number of nitrogens with zero attached hydrogens (tertiary/aromatic N) is 1. The molecule has 0 bridgehead atoms. The molecule has 0 radical (unpaired) electrons. The summed E-state index contributed by atoms with van der Waals surface area (Å²) in [5.41, 5.74) is 7.23. The maximum Gasteiger partial charge on any atom is 0.238 e. The Morgan fingerprint density at radius 1 is 1.07 bits per heavy atom. The van der Waals surface area contributed by atoms with Crippen molar-refractivity contribution < 1.29 is 13.2 Å². The fourth-order valence-electron chi connectivity index (χ4n) is 3.19. The number of hydrogen-bond acceptors (Lipinski definition) is 5. The van der Waals surface area contributed by atoms with Crippen molar-refractivity contribution >= 4 is 32.5 Å². The van der Waals surface area contributed by atoms with E-state index in [1.54, 1.807) is 25.3 Å². The molecule has 1 unspecified atom stereocenters. The van der Waals surface area contributed by atoms with Crippen LogP contribution in [-0.2, 0) is 27.8 Å². The van der Waals surface area contributed by atoms with Crippen LogP contribution in [0.1, 0.15) is 24.5 Å². The molecule has 8 heteroatoms. The third kappa shape index (κ3) is 6.01. The van der Waals surface area contributed by atoms with Gasteiger partial charge in [0.15, 0.2) is 0 Å². The number of benzene rings is 2. The highest BCUT2D eigenvalue weighted by Gasteiger charge is 2.24. The van der Waals surface area contributed by atoms with Gasteiger partial charge in [-0.05, 0) is 40.8 Å². The van der Waals surface area contributed by atoms with E-state index in [9.17, 15) is 13.2 Å². The van der Waals surface area contributed by atoms with Crippen LogP contribution < -0.4 is 15.8 Å². The number of hydrogen-bond donors (Lipinski definition) is 3. The van der Waals surface area contributed by atoms with Gasteiger partial charge in [-0.3, -0.25) is 4.79 Å². The standard InChI is InChI=1S/C22H26N4O3S/c1-2-11-30(28,29)26-20(22(27)25-15-17-8-10-21(23)24-14-17)13-16-7-9-18-5-3-4-6-19(18)12-16/h3-10,12,14,20,26H,2,11,13,15H2,1H3,(H2,23,24)(H,25,27). The molecule has 1 amide bonds. The highest BCUT2D eigenvalue weighted by Crippen LogP contribution is 2.17. The van der Waals surface area contributed by atoms with E-state index in [4.69, 9.17) is 5.73 Å². The molecule has 0 aliphatic carbocycles. The van der Waals surface area contributed by atoms with Crippen LogP contribution in [0.25, 0.3) is 10.8 Å². The first kappa shape index (κ1) is 21.7. The molecule has 0 aliphatic rings. The SMILES string of the molecule is CCCS(=O)(=O)NC(Cc1ccc2ccccc2c1)C(=O)NCc1ccc(N)nc1. The van der Waals surface area contributed by atoms with Crippen LogP contribution >= 0.6 is 0 Å². The second kappa shape index (κ2) is 9.69. The zero-order valence-corrected chi connectivity index (χ0v) is 17.7. The Bertz CT molecular complexity index is 1110. The maximum atomic E-state index is 12.9. The lowest BCUT2D eigenvalue weighted by molar-refractivity contribution is -0.122. The molecule has 4 N–H and O–H groups in total. The molecule has 30 heavy (non-hydrogen) atoms. The summed E-state index contributed by atoms with van der Waals surface area (Å²) in [5.74, 6) is -0.0256. The Hall–Kier alpha value is -2.97. The van der Waals surface area contributed by atoms with E-state index in [2.05, 4.69) is 15.0 Å². The van der Waals surface area contributed by atoms with Crippen molar-refractivity contribution in [2.24, 2.45) is 0 Å². The molecule has 3 rings (SSSR count). The van der Waals surface area contributed by atoms with Crippen molar-refractivity contribution in [2.75, 3.05) is 11.5 Å². The van der Waals surface area contributed by atoms with Gasteiger partial charge in [-0.2, -0.15) is 0 Å². The number of sulfonamides is 1. The van der Waals surface area contributed by atoms with Crippen LogP contribution in [0.5, 0.6) is 0 Å². The second-order valence-corrected chi connectivity index (χ2v) is 9.06. The molecule has 0 saturated carbocycles. The third-order valence-corrected chi connectivity index (χ3v) is 6.27. The van der Waals surface area contributed by atoms with Gasteiger partial charge >= 0.3 is 0 Å². The largest absolute Gasteiger partial charge is 0.384 e. The number of nitrogen functional groups attached to an aromatic ring is 1. The van der Waals surface area contributed by atoms with Gasteiger partial charge in [0.1, 0.15) is 11.9 Å². The molecule has 0 saturated heterocycles. The first-order valence-electron chi connectivity index (χ1n) is 9.82. The molecule has 1 heterocycles. The van der Waals surface area contributed by atoms with Gasteiger partial charge in [-0.15, -0.1) is 0 Å². The molecule has 0 aliphatic heterocycles. The van der Waals surface area contributed by atoms with Crippen LogP contribution in [0.3, 0.4) is 0 Å². The van der Waals surface area contributed by atoms with Gasteiger partial charge < -0.3 is 11.1 Å². The van der Waals surface area contributed by atoms with Gasteiger partial charge in [0.25, 0.3) is 0 Å². The summed E-state index contributed by atoms with van der Waals surface area (Å²) in [7, 11) is -3.57. The van der Waals surface area contributed by atoms with Crippen molar-refractivity contribution in [3.8, 4) is 0 Å². The molecular weight excluding hydrogens is 400 g/mol. The Morgan fingerprint density at radius 3 is 2.50 bits per heavy atom. The zero-order valence-electron chi connectivity index (χ0n) is 16.8. The Kier molecular flexibility index (Phi) is 7.02. The Labute approximate surface area is 176 Å². The Morgan fingerprint density at radius 2 is 1.80 bits per heavy atom. The normalized spacial score (nSPS) is 12.6. The molecule has 1 aromatic heterocycles. The zero-order chi connectivity index (χ0) is 21.6. The number of anilines is 1. The molecule has 0 spiro atoms. The number of pyridine rings is 1. The van der Waals surface area contributed by atoms with E-state index in [-0.39, 0.29) is 24.6 Å². The number of rotatable bonds is 9. The minimum absolute atomic E-state index is 0.0314. The third-order valence-electron chi connectivity index (χ3n) is 4.68. The predicted molar refractivity (Wildman–Crippen MR) is 119 cm³/mol. The van der Waals surface area contributed by atoms with Crippen molar-refractivity contribution in [3.63, 3.8) is 0 Å². The lowest BCUT2D eigenvalue weighted by Gasteiger charge is -2.19. The highest BCUT2D eigenvalue weighted by atomic mass is 32.2. The van der Waals surface area contributed by atoms with Gasteiger partial charge in [-0.25, -0.2) is 18.1 Å².